The smallest absolute Gasteiger partial charge is 0.407 e. The summed E-state index contributed by atoms with van der Waals surface area (Å²) < 4.78 is 7.89. The molecule has 0 unspecified atom stereocenters. The number of nitrogen functional groups attached to an aromatic ring is 1. The number of hydrogen-bond donors (Lipinski definition) is 2. The van der Waals surface area contributed by atoms with Crippen LogP contribution in [0, 0.1) is 0 Å². The van der Waals surface area contributed by atoms with Gasteiger partial charge in [0.2, 0.25) is 0 Å². The maximum atomic E-state index is 12.0. The number of carbonyl (C=O) groups is 1. The third-order valence-corrected chi connectivity index (χ3v) is 4.57. The largest absolute Gasteiger partial charge is 0.444 e. The third-order valence-electron chi connectivity index (χ3n) is 4.00. The van der Waals surface area contributed by atoms with E-state index in [2.05, 4.69) is 36.2 Å². The Kier molecular flexibility index (Phi) is 4.77. The van der Waals surface area contributed by atoms with Gasteiger partial charge in [-0.2, -0.15) is 5.10 Å². The van der Waals surface area contributed by atoms with Crippen LogP contribution in [-0.4, -0.2) is 45.4 Å². The summed E-state index contributed by atoms with van der Waals surface area (Å²) in [7, 11) is 0. The summed E-state index contributed by atoms with van der Waals surface area (Å²) in [5.74, 6) is 0.429. The van der Waals surface area contributed by atoms with Crippen molar-refractivity contribution in [2.24, 2.45) is 0 Å². The Morgan fingerprint density at radius 2 is 2.24 bits per heavy atom. The van der Waals surface area contributed by atoms with Gasteiger partial charge >= 0.3 is 6.09 Å². The predicted octanol–water partition coefficient (Wildman–Crippen LogP) is 2.57. The van der Waals surface area contributed by atoms with E-state index in [1.807, 2.05) is 26.8 Å². The number of hydrogen-bond acceptors (Lipinski definition) is 6. The van der Waals surface area contributed by atoms with Crippen molar-refractivity contribution in [1.29, 1.82) is 0 Å². The summed E-state index contributed by atoms with van der Waals surface area (Å²) in [5, 5.41) is 7.19. The fourth-order valence-corrected chi connectivity index (χ4v) is 3.53. The molecule has 2 aromatic heterocycles. The van der Waals surface area contributed by atoms with Crippen LogP contribution < -0.4 is 16.0 Å². The minimum absolute atomic E-state index is 0.0168. The summed E-state index contributed by atoms with van der Waals surface area (Å²) in [6, 6.07) is 2.00. The Bertz CT molecular complexity index is 785. The van der Waals surface area contributed by atoms with Crippen LogP contribution in [0.1, 0.15) is 33.6 Å². The molecule has 2 aromatic rings. The number of alkyl carbamates (subject to hydrolysis) is 1. The second-order valence-electron chi connectivity index (χ2n) is 7.19. The van der Waals surface area contributed by atoms with E-state index in [0.29, 0.717) is 12.4 Å². The van der Waals surface area contributed by atoms with E-state index in [1.54, 1.807) is 4.52 Å². The number of carbonyl (C=O) groups excluding carboxylic acids is 1. The molecule has 1 aliphatic heterocycles. The maximum Gasteiger partial charge on any atom is 0.407 e. The zero-order chi connectivity index (χ0) is 18.2. The number of fused-ring (bicyclic) bond motifs is 1. The highest BCUT2D eigenvalue weighted by Gasteiger charge is 2.26. The van der Waals surface area contributed by atoms with Gasteiger partial charge in [0.15, 0.2) is 5.82 Å². The van der Waals surface area contributed by atoms with Crippen LogP contribution in [0.15, 0.2) is 17.0 Å². The van der Waals surface area contributed by atoms with Crippen molar-refractivity contribution in [2.75, 3.05) is 23.7 Å². The maximum absolute atomic E-state index is 12.0. The van der Waals surface area contributed by atoms with Crippen LogP contribution in [0.25, 0.3) is 5.52 Å². The molecule has 3 rings (SSSR count). The molecule has 0 aliphatic carbocycles. The number of halogens is 1. The van der Waals surface area contributed by atoms with Crippen molar-refractivity contribution in [2.45, 2.75) is 45.3 Å². The number of anilines is 2. The van der Waals surface area contributed by atoms with Crippen molar-refractivity contribution < 1.29 is 9.53 Å². The Morgan fingerprint density at radius 3 is 2.96 bits per heavy atom. The number of ether oxygens (including phenoxy) is 1. The normalized spacial score (nSPS) is 18.4. The first-order valence-corrected chi connectivity index (χ1v) is 9.06. The first kappa shape index (κ1) is 17.8. The average Bonchev–Trinajstić information content (AvgIpc) is 2.84. The number of amides is 1. The first-order valence-electron chi connectivity index (χ1n) is 8.27. The molecule has 3 N–H and O–H groups in total. The summed E-state index contributed by atoms with van der Waals surface area (Å²) >= 11 is 3.51. The lowest BCUT2D eigenvalue weighted by atomic mass is 10.1. The fraction of sp³-hybridized carbons (Fsp3) is 0.562. The van der Waals surface area contributed by atoms with Crippen molar-refractivity contribution in [3.63, 3.8) is 0 Å². The Hall–Kier alpha value is -2.03. The Balaban J connectivity index is 1.77. The van der Waals surface area contributed by atoms with Gasteiger partial charge in [-0.15, -0.1) is 0 Å². The van der Waals surface area contributed by atoms with E-state index >= 15 is 0 Å². The lowest BCUT2D eigenvalue weighted by molar-refractivity contribution is 0.0500. The van der Waals surface area contributed by atoms with Gasteiger partial charge in [-0.3, -0.25) is 0 Å². The van der Waals surface area contributed by atoms with Crippen LogP contribution in [0.2, 0.25) is 0 Å². The van der Waals surface area contributed by atoms with Crippen molar-refractivity contribution >= 4 is 39.0 Å². The molecule has 0 radical (unpaired) electrons. The molecule has 9 heteroatoms. The molecule has 25 heavy (non-hydrogen) atoms. The zero-order valence-corrected chi connectivity index (χ0v) is 16.2. The van der Waals surface area contributed by atoms with Gasteiger partial charge in [-0.05, 0) is 55.6 Å². The minimum Gasteiger partial charge on any atom is -0.444 e. The Labute approximate surface area is 154 Å². The molecular weight excluding hydrogens is 388 g/mol. The highest BCUT2D eigenvalue weighted by atomic mass is 79.9. The van der Waals surface area contributed by atoms with E-state index in [1.165, 1.54) is 6.33 Å². The molecule has 1 saturated heterocycles. The van der Waals surface area contributed by atoms with Crippen LogP contribution >= 0.6 is 15.9 Å². The molecule has 0 spiro atoms. The number of piperidine rings is 1. The van der Waals surface area contributed by atoms with E-state index in [0.717, 1.165) is 35.2 Å². The Morgan fingerprint density at radius 1 is 1.48 bits per heavy atom. The average molecular weight is 411 g/mol. The van der Waals surface area contributed by atoms with Gasteiger partial charge < -0.3 is 20.7 Å². The quantitative estimate of drug-likeness (QED) is 0.789. The van der Waals surface area contributed by atoms with Gasteiger partial charge in [0, 0.05) is 19.1 Å². The molecule has 1 fully saturated rings. The predicted molar refractivity (Wildman–Crippen MR) is 99.7 cm³/mol. The third kappa shape index (κ3) is 3.97. The number of nitrogens with one attached hydrogen (secondary N) is 1. The van der Waals surface area contributed by atoms with Gasteiger partial charge in [0.25, 0.3) is 0 Å². The van der Waals surface area contributed by atoms with Gasteiger partial charge in [-0.25, -0.2) is 14.3 Å². The SMILES string of the molecule is CC(C)(C)OC(=O)N[C@@H]1CCCN(c2cc(Br)n3ncnc(N)c23)C1. The standard InChI is InChI=1S/C16H23BrN6O2/c1-16(2,3)25-15(24)21-10-5-4-6-22(8-10)11-7-12(17)23-13(11)14(18)19-9-20-23/h7,9-10H,4-6,8H2,1-3H3,(H,21,24)(H2,18,19,20)/t10-/m1/s1. The van der Waals surface area contributed by atoms with Gasteiger partial charge in [0.1, 0.15) is 22.0 Å². The highest BCUT2D eigenvalue weighted by molar-refractivity contribution is 9.10. The van der Waals surface area contributed by atoms with Crippen LogP contribution in [0.3, 0.4) is 0 Å². The molecule has 0 bridgehead atoms. The first-order chi connectivity index (χ1) is 11.7. The number of nitrogens with zero attached hydrogens (tertiary/aromatic N) is 4. The van der Waals surface area contributed by atoms with Crippen LogP contribution in [-0.2, 0) is 4.74 Å². The van der Waals surface area contributed by atoms with E-state index < -0.39 is 5.60 Å². The monoisotopic (exact) mass is 410 g/mol. The summed E-state index contributed by atoms with van der Waals surface area (Å²) in [5.41, 5.74) is 7.28. The molecule has 3 heterocycles. The summed E-state index contributed by atoms with van der Waals surface area (Å²) in [6.45, 7) is 7.13. The van der Waals surface area contributed by atoms with Gasteiger partial charge in [0.05, 0.1) is 5.69 Å². The molecule has 136 valence electrons. The van der Waals surface area contributed by atoms with Gasteiger partial charge in [-0.1, -0.05) is 0 Å². The van der Waals surface area contributed by atoms with Crippen molar-refractivity contribution in [1.82, 2.24) is 19.9 Å². The molecule has 1 atom stereocenters. The van der Waals surface area contributed by atoms with E-state index in [9.17, 15) is 4.79 Å². The lowest BCUT2D eigenvalue weighted by Gasteiger charge is -2.34. The van der Waals surface area contributed by atoms with Crippen LogP contribution in [0.4, 0.5) is 16.3 Å². The summed E-state index contributed by atoms with van der Waals surface area (Å²) in [6.07, 6.45) is 2.92. The molecule has 1 amide bonds. The van der Waals surface area contributed by atoms with Crippen molar-refractivity contribution in [3.05, 3.63) is 17.0 Å². The molecule has 8 nitrogen and oxygen atoms in total. The van der Waals surface area contributed by atoms with Crippen LogP contribution in [0.5, 0.6) is 0 Å². The summed E-state index contributed by atoms with van der Waals surface area (Å²) in [4.78, 5) is 18.3. The minimum atomic E-state index is -0.506. The molecular formula is C16H23BrN6O2. The number of rotatable bonds is 2. The molecule has 0 saturated carbocycles. The van der Waals surface area contributed by atoms with Crippen molar-refractivity contribution in [3.8, 4) is 0 Å². The number of aromatic nitrogens is 3. The zero-order valence-electron chi connectivity index (χ0n) is 14.6. The second kappa shape index (κ2) is 6.70. The highest BCUT2D eigenvalue weighted by Crippen LogP contribution is 2.32. The topological polar surface area (TPSA) is 97.8 Å². The second-order valence-corrected chi connectivity index (χ2v) is 8.00. The fourth-order valence-electron chi connectivity index (χ4n) is 3.04. The lowest BCUT2D eigenvalue weighted by Crippen LogP contribution is -2.49. The van der Waals surface area contributed by atoms with E-state index in [-0.39, 0.29) is 12.1 Å². The molecule has 0 aromatic carbocycles. The number of nitrogens with two attached hydrogens (primary N) is 1. The van der Waals surface area contributed by atoms with E-state index in [4.69, 9.17) is 10.5 Å². The molecule has 1 aliphatic rings.